The van der Waals surface area contributed by atoms with Crippen molar-refractivity contribution in [2.75, 3.05) is 39.0 Å². The van der Waals surface area contributed by atoms with Gasteiger partial charge in [-0.25, -0.2) is 8.42 Å². The molecule has 16 heavy (non-hydrogen) atoms. The summed E-state index contributed by atoms with van der Waals surface area (Å²) in [6.45, 7) is 7.82. The Kier molecular flexibility index (Phi) is 4.73. The van der Waals surface area contributed by atoms with E-state index in [1.54, 1.807) is 0 Å². The van der Waals surface area contributed by atoms with Crippen molar-refractivity contribution in [3.63, 3.8) is 0 Å². The lowest BCUT2D eigenvalue weighted by Gasteiger charge is -2.35. The first kappa shape index (κ1) is 13.9. The van der Waals surface area contributed by atoms with Crippen LogP contribution in [0.1, 0.15) is 13.8 Å². The first-order valence-corrected chi connectivity index (χ1v) is 7.58. The molecule has 2 N–H and O–H groups in total. The molecule has 1 rings (SSSR count). The normalized spacial score (nSPS) is 22.6. The molecule has 0 radical (unpaired) electrons. The number of rotatable bonds is 4. The second-order valence-electron chi connectivity index (χ2n) is 4.87. The van der Waals surface area contributed by atoms with Crippen molar-refractivity contribution < 1.29 is 8.42 Å². The van der Waals surface area contributed by atoms with Gasteiger partial charge in [0.25, 0.3) is 0 Å². The summed E-state index contributed by atoms with van der Waals surface area (Å²) in [6, 6.07) is 0.171. The SMILES string of the molecule is CC(C)C(N)CN1CCN(S(C)(=O)=O)CC1. The van der Waals surface area contributed by atoms with Gasteiger partial charge in [-0.15, -0.1) is 0 Å². The van der Waals surface area contributed by atoms with Crippen LogP contribution in [-0.2, 0) is 10.0 Å². The Morgan fingerprint density at radius 1 is 1.19 bits per heavy atom. The average molecular weight is 249 g/mol. The van der Waals surface area contributed by atoms with Crippen LogP contribution in [0.3, 0.4) is 0 Å². The van der Waals surface area contributed by atoms with Gasteiger partial charge < -0.3 is 5.73 Å². The molecule has 1 heterocycles. The van der Waals surface area contributed by atoms with Crippen LogP contribution in [0.25, 0.3) is 0 Å². The van der Waals surface area contributed by atoms with E-state index in [0.717, 1.165) is 19.6 Å². The molecule has 0 amide bonds. The van der Waals surface area contributed by atoms with E-state index < -0.39 is 10.0 Å². The zero-order chi connectivity index (χ0) is 12.3. The van der Waals surface area contributed by atoms with Crippen LogP contribution < -0.4 is 5.73 Å². The van der Waals surface area contributed by atoms with Crippen molar-refractivity contribution in [2.45, 2.75) is 19.9 Å². The highest BCUT2D eigenvalue weighted by molar-refractivity contribution is 7.88. The Labute approximate surface area is 98.6 Å². The summed E-state index contributed by atoms with van der Waals surface area (Å²) in [5, 5.41) is 0. The topological polar surface area (TPSA) is 66.6 Å². The molecule has 6 heteroatoms. The molecule has 1 saturated heterocycles. The fourth-order valence-electron chi connectivity index (χ4n) is 1.75. The summed E-state index contributed by atoms with van der Waals surface area (Å²) in [7, 11) is -3.02. The molecule has 1 aliphatic heterocycles. The minimum atomic E-state index is -3.02. The van der Waals surface area contributed by atoms with Gasteiger partial charge in [0.05, 0.1) is 6.26 Å². The summed E-state index contributed by atoms with van der Waals surface area (Å²) in [5.74, 6) is 0.466. The molecule has 0 aromatic heterocycles. The Bertz CT molecular complexity index is 308. The Hall–Kier alpha value is -0.170. The molecular weight excluding hydrogens is 226 g/mol. The van der Waals surface area contributed by atoms with E-state index >= 15 is 0 Å². The maximum atomic E-state index is 11.3. The van der Waals surface area contributed by atoms with Gasteiger partial charge in [-0.3, -0.25) is 4.90 Å². The Balaban J connectivity index is 2.38. The summed E-state index contributed by atoms with van der Waals surface area (Å²) in [4.78, 5) is 2.24. The van der Waals surface area contributed by atoms with Gasteiger partial charge in [-0.2, -0.15) is 4.31 Å². The quantitative estimate of drug-likeness (QED) is 0.732. The van der Waals surface area contributed by atoms with Crippen molar-refractivity contribution in [3.05, 3.63) is 0 Å². The minimum Gasteiger partial charge on any atom is -0.326 e. The van der Waals surface area contributed by atoms with Crippen molar-refractivity contribution in [3.8, 4) is 0 Å². The first-order chi connectivity index (χ1) is 7.30. The van der Waals surface area contributed by atoms with Gasteiger partial charge >= 0.3 is 0 Å². The zero-order valence-corrected chi connectivity index (χ0v) is 11.2. The predicted molar refractivity (Wildman–Crippen MR) is 65.7 cm³/mol. The number of hydrogen-bond donors (Lipinski definition) is 1. The predicted octanol–water partition coefficient (Wildman–Crippen LogP) is -0.453. The average Bonchev–Trinajstić information content (AvgIpc) is 2.17. The third-order valence-electron chi connectivity index (χ3n) is 3.13. The molecule has 0 aromatic carbocycles. The van der Waals surface area contributed by atoms with E-state index in [1.165, 1.54) is 10.6 Å². The highest BCUT2D eigenvalue weighted by Gasteiger charge is 2.24. The van der Waals surface area contributed by atoms with Crippen LogP contribution in [-0.4, -0.2) is 62.6 Å². The molecule has 1 unspecified atom stereocenters. The van der Waals surface area contributed by atoms with Crippen LogP contribution in [0, 0.1) is 5.92 Å². The summed E-state index contributed by atoms with van der Waals surface area (Å²) >= 11 is 0. The molecule has 1 atom stereocenters. The molecule has 0 aromatic rings. The van der Waals surface area contributed by atoms with Crippen LogP contribution in [0.4, 0.5) is 0 Å². The number of piperazine rings is 1. The van der Waals surface area contributed by atoms with Gasteiger partial charge in [-0.1, -0.05) is 13.8 Å². The van der Waals surface area contributed by atoms with Gasteiger partial charge in [0, 0.05) is 38.8 Å². The maximum absolute atomic E-state index is 11.3. The number of hydrogen-bond acceptors (Lipinski definition) is 4. The second-order valence-corrected chi connectivity index (χ2v) is 6.85. The molecule has 0 saturated carbocycles. The molecule has 0 bridgehead atoms. The first-order valence-electron chi connectivity index (χ1n) is 5.73. The van der Waals surface area contributed by atoms with E-state index in [2.05, 4.69) is 18.7 Å². The lowest BCUT2D eigenvalue weighted by molar-refractivity contribution is 0.171. The van der Waals surface area contributed by atoms with Gasteiger partial charge in [0.1, 0.15) is 0 Å². The fourth-order valence-corrected chi connectivity index (χ4v) is 2.58. The van der Waals surface area contributed by atoms with Gasteiger partial charge in [0.15, 0.2) is 0 Å². The van der Waals surface area contributed by atoms with Crippen LogP contribution in [0.5, 0.6) is 0 Å². The zero-order valence-electron chi connectivity index (χ0n) is 10.4. The molecule has 5 nitrogen and oxygen atoms in total. The van der Waals surface area contributed by atoms with Gasteiger partial charge in [0.2, 0.25) is 10.0 Å². The van der Waals surface area contributed by atoms with E-state index in [1.807, 2.05) is 0 Å². The third-order valence-corrected chi connectivity index (χ3v) is 4.43. The molecule has 1 fully saturated rings. The second kappa shape index (κ2) is 5.44. The molecule has 96 valence electrons. The third kappa shape index (κ3) is 4.01. The molecular formula is C10H23N3O2S. The molecule has 0 spiro atoms. The highest BCUT2D eigenvalue weighted by atomic mass is 32.2. The molecule has 0 aliphatic carbocycles. The van der Waals surface area contributed by atoms with Gasteiger partial charge in [-0.05, 0) is 5.92 Å². The maximum Gasteiger partial charge on any atom is 0.211 e. The van der Waals surface area contributed by atoms with Crippen LogP contribution in [0.2, 0.25) is 0 Å². The van der Waals surface area contributed by atoms with Crippen LogP contribution in [0.15, 0.2) is 0 Å². The monoisotopic (exact) mass is 249 g/mol. The summed E-state index contributed by atoms with van der Waals surface area (Å²) in [6.07, 6.45) is 1.27. The largest absolute Gasteiger partial charge is 0.326 e. The number of nitrogens with zero attached hydrogens (tertiary/aromatic N) is 2. The Morgan fingerprint density at radius 2 is 1.69 bits per heavy atom. The van der Waals surface area contributed by atoms with Crippen molar-refractivity contribution in [1.29, 1.82) is 0 Å². The highest BCUT2D eigenvalue weighted by Crippen LogP contribution is 2.08. The Morgan fingerprint density at radius 3 is 2.06 bits per heavy atom. The number of nitrogens with two attached hydrogens (primary N) is 1. The summed E-state index contributed by atoms with van der Waals surface area (Å²) < 4.78 is 24.1. The van der Waals surface area contributed by atoms with E-state index in [9.17, 15) is 8.42 Å². The summed E-state index contributed by atoms with van der Waals surface area (Å²) in [5.41, 5.74) is 5.99. The van der Waals surface area contributed by atoms with Crippen molar-refractivity contribution in [2.24, 2.45) is 11.7 Å². The van der Waals surface area contributed by atoms with E-state index in [0.29, 0.717) is 19.0 Å². The van der Waals surface area contributed by atoms with Crippen molar-refractivity contribution in [1.82, 2.24) is 9.21 Å². The van der Waals surface area contributed by atoms with Crippen molar-refractivity contribution >= 4 is 10.0 Å². The van der Waals surface area contributed by atoms with E-state index in [-0.39, 0.29) is 6.04 Å². The smallest absolute Gasteiger partial charge is 0.211 e. The lowest BCUT2D eigenvalue weighted by atomic mass is 10.1. The lowest BCUT2D eigenvalue weighted by Crippen LogP contribution is -2.51. The van der Waals surface area contributed by atoms with E-state index in [4.69, 9.17) is 5.73 Å². The van der Waals surface area contributed by atoms with Crippen LogP contribution >= 0.6 is 0 Å². The molecule has 1 aliphatic rings. The standard InChI is InChI=1S/C10H23N3O2S/c1-9(2)10(11)8-12-4-6-13(7-5-12)16(3,14)15/h9-10H,4-8,11H2,1-3H3. The number of sulfonamides is 1. The fraction of sp³-hybridized carbons (Fsp3) is 1.00. The minimum absolute atomic E-state index is 0.171.